The fourth-order valence-electron chi connectivity index (χ4n) is 1.99. The molecule has 1 aromatic carbocycles. The molecule has 0 radical (unpaired) electrons. The van der Waals surface area contributed by atoms with Crippen LogP contribution < -0.4 is 0 Å². The van der Waals surface area contributed by atoms with Gasteiger partial charge in [0.2, 0.25) is 0 Å². The Morgan fingerprint density at radius 1 is 1.18 bits per heavy atom. The van der Waals surface area contributed by atoms with E-state index in [-0.39, 0.29) is 10.6 Å². The van der Waals surface area contributed by atoms with Gasteiger partial charge in [-0.15, -0.1) is 0 Å². The molecule has 5 nitrogen and oxygen atoms in total. The quantitative estimate of drug-likeness (QED) is 0.802. The SMILES string of the molecule is CN1CCN(Cc2ccc([N+](=O)O)cc2)CC1. The number of piperazine rings is 1. The Hall–Kier alpha value is -1.46. The third-order valence-corrected chi connectivity index (χ3v) is 3.16. The van der Waals surface area contributed by atoms with Gasteiger partial charge in [-0.05, 0) is 12.6 Å². The van der Waals surface area contributed by atoms with Crippen molar-refractivity contribution in [2.75, 3.05) is 33.2 Å². The average molecular weight is 236 g/mol. The Bertz CT molecular complexity index is 383. The maximum absolute atomic E-state index is 10.6. The Morgan fingerprint density at radius 3 is 2.29 bits per heavy atom. The minimum absolute atomic E-state index is 0.111. The molecule has 1 aliphatic heterocycles. The molecule has 0 saturated carbocycles. The van der Waals surface area contributed by atoms with E-state index in [1.165, 1.54) is 5.56 Å². The maximum Gasteiger partial charge on any atom is 0.316 e. The van der Waals surface area contributed by atoms with Gasteiger partial charge in [-0.25, -0.2) is 5.21 Å². The molecule has 2 rings (SSSR count). The molecule has 0 unspecified atom stereocenters. The van der Waals surface area contributed by atoms with Crippen molar-refractivity contribution in [1.82, 2.24) is 9.80 Å². The lowest BCUT2D eigenvalue weighted by Crippen LogP contribution is -2.43. The van der Waals surface area contributed by atoms with Gasteiger partial charge >= 0.3 is 5.69 Å². The van der Waals surface area contributed by atoms with E-state index in [2.05, 4.69) is 16.8 Å². The van der Waals surface area contributed by atoms with Crippen LogP contribution in [-0.4, -0.2) is 53.2 Å². The van der Waals surface area contributed by atoms with E-state index < -0.39 is 0 Å². The number of benzene rings is 1. The molecule has 1 fully saturated rings. The van der Waals surface area contributed by atoms with E-state index in [9.17, 15) is 4.91 Å². The maximum atomic E-state index is 10.6. The molecule has 1 saturated heterocycles. The van der Waals surface area contributed by atoms with Crippen LogP contribution in [0.5, 0.6) is 0 Å². The Labute approximate surface area is 101 Å². The Kier molecular flexibility index (Phi) is 3.71. The summed E-state index contributed by atoms with van der Waals surface area (Å²) < 4.78 is 0. The Balaban J connectivity index is 1.92. The van der Waals surface area contributed by atoms with E-state index in [1.807, 2.05) is 12.1 Å². The number of nitrogens with zero attached hydrogens (tertiary/aromatic N) is 3. The van der Waals surface area contributed by atoms with Crippen LogP contribution in [-0.2, 0) is 6.54 Å². The normalized spacial score (nSPS) is 18.2. The fourth-order valence-corrected chi connectivity index (χ4v) is 1.99. The van der Waals surface area contributed by atoms with Crippen LogP contribution in [0, 0.1) is 4.91 Å². The van der Waals surface area contributed by atoms with Crippen molar-refractivity contribution in [3.8, 4) is 0 Å². The lowest BCUT2D eigenvalue weighted by atomic mass is 10.2. The zero-order chi connectivity index (χ0) is 12.3. The minimum atomic E-state index is -0.111. The van der Waals surface area contributed by atoms with Crippen LogP contribution in [0.2, 0.25) is 0 Å². The first kappa shape index (κ1) is 12.0. The van der Waals surface area contributed by atoms with E-state index in [4.69, 9.17) is 5.21 Å². The smallest absolute Gasteiger partial charge is 0.304 e. The number of hydrogen-bond donors (Lipinski definition) is 1. The fraction of sp³-hybridized carbons (Fsp3) is 0.500. The van der Waals surface area contributed by atoms with Gasteiger partial charge < -0.3 is 4.90 Å². The molecule has 1 aromatic rings. The molecule has 0 amide bonds. The summed E-state index contributed by atoms with van der Waals surface area (Å²) in [4.78, 5) is 15.2. The molecule has 0 atom stereocenters. The summed E-state index contributed by atoms with van der Waals surface area (Å²) >= 11 is 0. The number of rotatable bonds is 3. The summed E-state index contributed by atoms with van der Waals surface area (Å²) in [5.41, 5.74) is 1.44. The summed E-state index contributed by atoms with van der Waals surface area (Å²) in [6.45, 7) is 5.25. The molecule has 0 aromatic heterocycles. The number of likely N-dealkylation sites (N-methyl/N-ethyl adjacent to an activating group) is 1. The van der Waals surface area contributed by atoms with Crippen molar-refractivity contribution in [2.45, 2.75) is 6.54 Å². The van der Waals surface area contributed by atoms with Gasteiger partial charge in [-0.1, -0.05) is 12.1 Å². The average Bonchev–Trinajstić information content (AvgIpc) is 2.33. The largest absolute Gasteiger partial charge is 0.316 e. The van der Waals surface area contributed by atoms with Crippen LogP contribution >= 0.6 is 0 Å². The molecule has 0 aliphatic carbocycles. The highest BCUT2D eigenvalue weighted by atomic mass is 16.6. The molecule has 1 heterocycles. The van der Waals surface area contributed by atoms with Crippen LogP contribution in [0.15, 0.2) is 24.3 Å². The number of hydrogen-bond acceptors (Lipinski definition) is 3. The third kappa shape index (κ3) is 3.25. The Morgan fingerprint density at radius 2 is 1.76 bits per heavy atom. The molecular weight excluding hydrogens is 218 g/mol. The first-order chi connectivity index (χ1) is 8.15. The van der Waals surface area contributed by atoms with Crippen molar-refractivity contribution in [3.63, 3.8) is 0 Å². The monoisotopic (exact) mass is 236 g/mol. The third-order valence-electron chi connectivity index (χ3n) is 3.16. The zero-order valence-electron chi connectivity index (χ0n) is 10.0. The van der Waals surface area contributed by atoms with E-state index in [1.54, 1.807) is 12.1 Å². The van der Waals surface area contributed by atoms with Gasteiger partial charge in [-0.2, -0.15) is 0 Å². The second-order valence-corrected chi connectivity index (χ2v) is 4.52. The van der Waals surface area contributed by atoms with Crippen LogP contribution in [0.1, 0.15) is 5.56 Å². The van der Waals surface area contributed by atoms with Crippen molar-refractivity contribution < 1.29 is 10.1 Å². The molecule has 17 heavy (non-hydrogen) atoms. The molecule has 0 bridgehead atoms. The summed E-state index contributed by atoms with van der Waals surface area (Å²) in [5.74, 6) is 0. The van der Waals surface area contributed by atoms with Gasteiger partial charge in [0.1, 0.15) is 0 Å². The first-order valence-electron chi connectivity index (χ1n) is 5.81. The standard InChI is InChI=1S/C12H18N3O2/c1-13-6-8-14(9-7-13)10-11-2-4-12(5-3-11)15(16)17/h2-5H,6-10H2,1H3,(H,16,17)/q+1. The van der Waals surface area contributed by atoms with Gasteiger partial charge in [0.25, 0.3) is 4.92 Å². The predicted molar refractivity (Wildman–Crippen MR) is 64.3 cm³/mol. The highest BCUT2D eigenvalue weighted by Gasteiger charge is 2.15. The van der Waals surface area contributed by atoms with Crippen molar-refractivity contribution >= 4 is 5.69 Å². The summed E-state index contributed by atoms with van der Waals surface area (Å²) in [5, 5.41) is 8.73. The zero-order valence-corrected chi connectivity index (χ0v) is 10.0. The van der Waals surface area contributed by atoms with Crippen LogP contribution in [0.25, 0.3) is 0 Å². The highest BCUT2D eigenvalue weighted by Crippen LogP contribution is 2.13. The first-order valence-corrected chi connectivity index (χ1v) is 5.81. The van der Waals surface area contributed by atoms with E-state index in [0.29, 0.717) is 0 Å². The van der Waals surface area contributed by atoms with Crippen molar-refractivity contribution in [3.05, 3.63) is 34.7 Å². The summed E-state index contributed by atoms with van der Waals surface area (Å²) in [7, 11) is 2.14. The molecular formula is C12H18N3O2+. The molecule has 1 N–H and O–H groups in total. The summed E-state index contributed by atoms with van der Waals surface area (Å²) in [6, 6.07) is 7.04. The van der Waals surface area contributed by atoms with Crippen molar-refractivity contribution in [1.29, 1.82) is 0 Å². The van der Waals surface area contributed by atoms with E-state index >= 15 is 0 Å². The summed E-state index contributed by atoms with van der Waals surface area (Å²) in [6.07, 6.45) is 0. The van der Waals surface area contributed by atoms with Gasteiger partial charge in [0, 0.05) is 44.9 Å². The molecule has 5 heteroatoms. The molecule has 92 valence electrons. The van der Waals surface area contributed by atoms with Crippen LogP contribution in [0.3, 0.4) is 0 Å². The van der Waals surface area contributed by atoms with Crippen molar-refractivity contribution in [2.24, 2.45) is 0 Å². The highest BCUT2D eigenvalue weighted by molar-refractivity contribution is 5.32. The van der Waals surface area contributed by atoms with E-state index in [0.717, 1.165) is 32.7 Å². The molecule has 1 aliphatic rings. The lowest BCUT2D eigenvalue weighted by molar-refractivity contribution is -0.729. The lowest BCUT2D eigenvalue weighted by Gasteiger charge is -2.32. The predicted octanol–water partition coefficient (Wildman–Crippen LogP) is 1.23. The van der Waals surface area contributed by atoms with Gasteiger partial charge in [-0.3, -0.25) is 4.90 Å². The second-order valence-electron chi connectivity index (χ2n) is 4.52. The second kappa shape index (κ2) is 5.25. The van der Waals surface area contributed by atoms with Crippen LogP contribution in [0.4, 0.5) is 5.69 Å². The minimum Gasteiger partial charge on any atom is -0.304 e. The molecule has 0 spiro atoms. The topological polar surface area (TPSA) is 46.8 Å². The van der Waals surface area contributed by atoms with Gasteiger partial charge in [0.15, 0.2) is 0 Å². The van der Waals surface area contributed by atoms with Gasteiger partial charge in [0.05, 0.1) is 4.91 Å².